The summed E-state index contributed by atoms with van der Waals surface area (Å²) in [6, 6.07) is 1.96. The number of hydrogen-bond donors (Lipinski definition) is 0. The van der Waals surface area contributed by atoms with E-state index >= 15 is 0 Å². The van der Waals surface area contributed by atoms with Gasteiger partial charge in [-0.2, -0.15) is 0 Å². The summed E-state index contributed by atoms with van der Waals surface area (Å²) < 4.78 is 32.9. The van der Waals surface area contributed by atoms with E-state index in [9.17, 15) is 13.6 Å². The largest absolute Gasteiger partial charge is 0.472 e. The highest BCUT2D eigenvalue weighted by Gasteiger charge is 2.47. The predicted molar refractivity (Wildman–Crippen MR) is 80.6 cm³/mol. The molecule has 2 aliphatic rings. The van der Waals surface area contributed by atoms with Gasteiger partial charge in [0.05, 0.1) is 31.7 Å². The molecule has 0 spiro atoms. The van der Waals surface area contributed by atoms with E-state index in [0.29, 0.717) is 6.54 Å². The molecule has 2 aromatic heterocycles. The first-order valence-electron chi connectivity index (χ1n) is 7.92. The molecule has 2 aliphatic heterocycles. The molecule has 4 heterocycles. The zero-order valence-electron chi connectivity index (χ0n) is 13.3. The number of likely N-dealkylation sites (tertiary alicyclic amines) is 1. The predicted octanol–water partition coefficient (Wildman–Crippen LogP) is 2.14. The van der Waals surface area contributed by atoms with Gasteiger partial charge in [-0.1, -0.05) is 0 Å². The van der Waals surface area contributed by atoms with Gasteiger partial charge in [0.2, 0.25) is 0 Å². The summed E-state index contributed by atoms with van der Waals surface area (Å²) in [5.41, 5.74) is 1.33. The molecule has 0 bridgehead atoms. The fourth-order valence-corrected chi connectivity index (χ4v) is 3.29. The highest BCUT2D eigenvalue weighted by molar-refractivity contribution is 5.93. The van der Waals surface area contributed by atoms with E-state index in [-0.39, 0.29) is 11.7 Å². The van der Waals surface area contributed by atoms with Gasteiger partial charge in [-0.25, -0.2) is 13.8 Å². The second kappa shape index (κ2) is 5.41. The molecule has 0 aliphatic carbocycles. The zero-order valence-corrected chi connectivity index (χ0v) is 13.3. The third-order valence-electron chi connectivity index (χ3n) is 4.67. The van der Waals surface area contributed by atoms with E-state index in [4.69, 9.17) is 4.42 Å². The number of alkyl halides is 2. The summed E-state index contributed by atoms with van der Waals surface area (Å²) in [7, 11) is 0. The van der Waals surface area contributed by atoms with Crippen LogP contribution in [0.5, 0.6) is 0 Å². The van der Waals surface area contributed by atoms with Crippen molar-refractivity contribution in [2.75, 3.05) is 19.6 Å². The molecule has 0 radical (unpaired) electrons. The molecule has 2 aromatic rings. The Morgan fingerprint density at radius 3 is 2.88 bits per heavy atom. The Kier molecular flexibility index (Phi) is 3.45. The van der Waals surface area contributed by atoms with Crippen LogP contribution in [0.4, 0.5) is 8.78 Å². The highest BCUT2D eigenvalue weighted by atomic mass is 19.3. The van der Waals surface area contributed by atoms with Crippen molar-refractivity contribution in [2.24, 2.45) is 0 Å². The lowest BCUT2D eigenvalue weighted by Gasteiger charge is -2.38. The second-order valence-corrected chi connectivity index (χ2v) is 6.47. The van der Waals surface area contributed by atoms with Crippen LogP contribution in [-0.2, 0) is 13.1 Å². The van der Waals surface area contributed by atoms with E-state index < -0.39 is 24.9 Å². The first kappa shape index (κ1) is 15.3. The number of amides is 1. The van der Waals surface area contributed by atoms with Crippen molar-refractivity contribution in [2.45, 2.75) is 32.0 Å². The van der Waals surface area contributed by atoms with Crippen molar-refractivity contribution in [1.82, 2.24) is 19.4 Å². The van der Waals surface area contributed by atoms with Gasteiger partial charge in [0.15, 0.2) is 0 Å². The smallest absolute Gasteiger partial charge is 0.282 e. The molecular formula is C16H18F2N4O2. The first-order valence-corrected chi connectivity index (χ1v) is 7.92. The minimum absolute atomic E-state index is 0.0352. The van der Waals surface area contributed by atoms with Crippen molar-refractivity contribution < 1.29 is 18.0 Å². The molecule has 0 saturated carbocycles. The summed E-state index contributed by atoms with van der Waals surface area (Å²) in [5.74, 6) is -2.39. The average Bonchev–Trinajstić information content (AvgIpc) is 3.16. The highest BCUT2D eigenvalue weighted by Crippen LogP contribution is 2.30. The molecule has 1 fully saturated rings. The molecule has 1 saturated heterocycles. The number of carbonyl (C=O) groups is 1. The SMILES string of the molecule is CC1c2nc(C(=O)N3CC(F)(F)C3)cn2CCN1Cc1ccoc1. The Hall–Kier alpha value is -2.22. The fourth-order valence-electron chi connectivity index (χ4n) is 3.29. The summed E-state index contributed by atoms with van der Waals surface area (Å²) in [6.45, 7) is 3.28. The van der Waals surface area contributed by atoms with Gasteiger partial charge in [0.1, 0.15) is 11.5 Å². The van der Waals surface area contributed by atoms with Gasteiger partial charge in [-0.05, 0) is 13.0 Å². The van der Waals surface area contributed by atoms with Crippen LogP contribution in [0.1, 0.15) is 34.8 Å². The Bertz CT molecular complexity index is 748. The number of carbonyl (C=O) groups excluding carboxylic acids is 1. The van der Waals surface area contributed by atoms with Gasteiger partial charge in [-0.15, -0.1) is 0 Å². The number of furan rings is 1. The number of nitrogens with zero attached hydrogens (tertiary/aromatic N) is 4. The van der Waals surface area contributed by atoms with Gasteiger partial charge >= 0.3 is 0 Å². The van der Waals surface area contributed by atoms with Crippen LogP contribution >= 0.6 is 0 Å². The molecule has 0 N–H and O–H groups in total. The maximum Gasteiger partial charge on any atom is 0.282 e. The normalized spacial score (nSPS) is 23.0. The van der Waals surface area contributed by atoms with E-state index in [1.807, 2.05) is 17.6 Å². The summed E-state index contributed by atoms with van der Waals surface area (Å²) in [6.07, 6.45) is 5.04. The number of fused-ring (bicyclic) bond motifs is 1. The van der Waals surface area contributed by atoms with Crippen LogP contribution in [0.25, 0.3) is 0 Å². The molecule has 4 rings (SSSR count). The van der Waals surface area contributed by atoms with Gasteiger partial charge in [0.25, 0.3) is 11.8 Å². The van der Waals surface area contributed by atoms with Crippen LogP contribution < -0.4 is 0 Å². The number of imidazole rings is 1. The second-order valence-electron chi connectivity index (χ2n) is 6.47. The Morgan fingerprint density at radius 2 is 2.21 bits per heavy atom. The molecule has 1 atom stereocenters. The van der Waals surface area contributed by atoms with E-state index in [1.54, 1.807) is 18.7 Å². The third kappa shape index (κ3) is 2.60. The van der Waals surface area contributed by atoms with Gasteiger partial charge in [-0.3, -0.25) is 9.69 Å². The van der Waals surface area contributed by atoms with Crippen molar-refractivity contribution in [1.29, 1.82) is 0 Å². The van der Waals surface area contributed by atoms with E-state index in [1.165, 1.54) is 0 Å². The van der Waals surface area contributed by atoms with Gasteiger partial charge < -0.3 is 13.9 Å². The minimum Gasteiger partial charge on any atom is -0.472 e. The van der Waals surface area contributed by atoms with Crippen LogP contribution in [0, 0.1) is 0 Å². The zero-order chi connectivity index (χ0) is 16.9. The molecule has 6 nitrogen and oxygen atoms in total. The van der Waals surface area contributed by atoms with Crippen molar-refractivity contribution in [3.05, 3.63) is 41.9 Å². The minimum atomic E-state index is -2.76. The van der Waals surface area contributed by atoms with Gasteiger partial charge in [0, 0.05) is 31.4 Å². The average molecular weight is 336 g/mol. The summed E-state index contributed by atoms with van der Waals surface area (Å²) >= 11 is 0. The van der Waals surface area contributed by atoms with E-state index in [2.05, 4.69) is 9.88 Å². The maximum absolute atomic E-state index is 13.0. The number of rotatable bonds is 3. The lowest BCUT2D eigenvalue weighted by atomic mass is 10.1. The molecule has 1 amide bonds. The molecule has 128 valence electrons. The monoisotopic (exact) mass is 336 g/mol. The lowest BCUT2D eigenvalue weighted by Crippen LogP contribution is -2.58. The Balaban J connectivity index is 1.50. The first-order chi connectivity index (χ1) is 11.4. The molecule has 0 aromatic carbocycles. The Morgan fingerprint density at radius 1 is 1.42 bits per heavy atom. The lowest BCUT2D eigenvalue weighted by molar-refractivity contribution is -0.113. The quantitative estimate of drug-likeness (QED) is 0.862. The fraction of sp³-hybridized carbons (Fsp3) is 0.500. The van der Waals surface area contributed by atoms with E-state index in [0.717, 1.165) is 29.4 Å². The summed E-state index contributed by atoms with van der Waals surface area (Å²) in [4.78, 5) is 20.1. The Labute approximate surface area is 137 Å². The van der Waals surface area contributed by atoms with Crippen LogP contribution in [0.2, 0.25) is 0 Å². The molecule has 24 heavy (non-hydrogen) atoms. The number of aromatic nitrogens is 2. The molecular weight excluding hydrogens is 318 g/mol. The van der Waals surface area contributed by atoms with Crippen molar-refractivity contribution >= 4 is 5.91 Å². The van der Waals surface area contributed by atoms with Crippen LogP contribution in [0.3, 0.4) is 0 Å². The van der Waals surface area contributed by atoms with Crippen molar-refractivity contribution in [3.8, 4) is 0 Å². The number of hydrogen-bond acceptors (Lipinski definition) is 4. The molecule has 1 unspecified atom stereocenters. The van der Waals surface area contributed by atoms with Crippen LogP contribution in [0.15, 0.2) is 29.2 Å². The standard InChI is InChI=1S/C16H18F2N4O2/c1-11-14-19-13(15(23)22-9-16(17,18)10-22)7-21(14)4-3-20(11)6-12-2-5-24-8-12/h2,5,7-8,11H,3-4,6,9-10H2,1H3. The topological polar surface area (TPSA) is 54.5 Å². The number of halogens is 2. The maximum atomic E-state index is 13.0. The van der Waals surface area contributed by atoms with Crippen LogP contribution in [-0.4, -0.2) is 50.8 Å². The molecule has 8 heteroatoms. The summed E-state index contributed by atoms with van der Waals surface area (Å²) in [5, 5.41) is 0. The van der Waals surface area contributed by atoms with Crippen molar-refractivity contribution in [3.63, 3.8) is 0 Å². The third-order valence-corrected chi connectivity index (χ3v) is 4.67.